The minimum absolute atomic E-state index is 0.750. The zero-order valence-electron chi connectivity index (χ0n) is 5.17. The van der Waals surface area contributed by atoms with E-state index in [4.69, 9.17) is 10.2 Å². The van der Waals surface area contributed by atoms with Crippen molar-refractivity contribution in [1.82, 2.24) is 0 Å². The van der Waals surface area contributed by atoms with E-state index in [9.17, 15) is 0 Å². The number of isocyanates is 1. The third-order valence-corrected chi connectivity index (χ3v) is 1.26. The summed E-state index contributed by atoms with van der Waals surface area (Å²) in [5.41, 5.74) is 0. The summed E-state index contributed by atoms with van der Waals surface area (Å²) in [6, 6.07) is 9.97. The molecule has 0 heterocycles. The summed E-state index contributed by atoms with van der Waals surface area (Å²) in [6.45, 7) is 0. The minimum atomic E-state index is 0.750. The molecule has 0 bridgehead atoms. The van der Waals surface area contributed by atoms with Crippen LogP contribution in [-0.4, -0.2) is 6.08 Å². The summed E-state index contributed by atoms with van der Waals surface area (Å²) >= 11 is 3.31. The van der Waals surface area contributed by atoms with Gasteiger partial charge in [-0.05, 0) is 12.1 Å². The average Bonchev–Trinajstić information content (AvgIpc) is 1.91. The predicted octanol–water partition coefficient (Wildman–Crippen LogP) is 2.35. The van der Waals surface area contributed by atoms with E-state index in [-0.39, 0.29) is 0 Å². The van der Waals surface area contributed by atoms with Crippen molar-refractivity contribution in [3.63, 3.8) is 0 Å². The van der Waals surface area contributed by atoms with E-state index in [1.165, 1.54) is 0 Å². The number of hydrogen-bond acceptors (Lipinski definition) is 2. The lowest BCUT2D eigenvalue weighted by molar-refractivity contribution is 0.563. The molecule has 0 saturated heterocycles. The number of carbonyl (C=O) groups excluding carboxylic acids is 1. The fraction of sp³-hybridized carbons (Fsp3) is 0. The van der Waals surface area contributed by atoms with Crippen molar-refractivity contribution in [1.29, 1.82) is 5.41 Å². The maximum absolute atomic E-state index is 8.35. The van der Waals surface area contributed by atoms with E-state index in [2.05, 4.69) is 15.9 Å². The Bertz CT molecular complexity index is 204. The van der Waals surface area contributed by atoms with Crippen molar-refractivity contribution < 1.29 is 4.79 Å². The maximum atomic E-state index is 8.35. The highest BCUT2D eigenvalue weighted by molar-refractivity contribution is 9.10. The summed E-state index contributed by atoms with van der Waals surface area (Å²) in [5.74, 6) is 0. The summed E-state index contributed by atoms with van der Waals surface area (Å²) in [4.78, 5) is 8.35. The molecule has 1 rings (SSSR count). The molecule has 0 aliphatic carbocycles. The lowest BCUT2D eigenvalue weighted by Crippen LogP contribution is -1.55. The summed E-state index contributed by atoms with van der Waals surface area (Å²) in [7, 11) is 0. The van der Waals surface area contributed by atoms with Gasteiger partial charge in [0.25, 0.3) is 0 Å². The van der Waals surface area contributed by atoms with E-state index in [1.54, 1.807) is 0 Å². The molecule has 3 heteroatoms. The van der Waals surface area contributed by atoms with Crippen LogP contribution in [0.15, 0.2) is 34.8 Å². The average molecular weight is 200 g/mol. The summed E-state index contributed by atoms with van der Waals surface area (Å²) in [5, 5.41) is 5.40. The lowest BCUT2D eigenvalue weighted by atomic mass is 10.4. The first-order chi connectivity index (χ1) is 4.81. The first-order valence-corrected chi connectivity index (χ1v) is 3.35. The Morgan fingerprint density at radius 1 is 1.30 bits per heavy atom. The van der Waals surface area contributed by atoms with Crippen LogP contribution in [0.2, 0.25) is 0 Å². The normalized spacial score (nSPS) is 6.90. The van der Waals surface area contributed by atoms with Crippen molar-refractivity contribution in [3.8, 4) is 0 Å². The van der Waals surface area contributed by atoms with Gasteiger partial charge < -0.3 is 0 Å². The lowest BCUT2D eigenvalue weighted by Gasteiger charge is -1.80. The summed E-state index contributed by atoms with van der Waals surface area (Å²) in [6.07, 6.45) is 0.750. The summed E-state index contributed by atoms with van der Waals surface area (Å²) < 4.78 is 1.13. The van der Waals surface area contributed by atoms with Gasteiger partial charge in [-0.1, -0.05) is 34.1 Å². The maximum Gasteiger partial charge on any atom is 0.231 e. The van der Waals surface area contributed by atoms with Crippen LogP contribution >= 0.6 is 15.9 Å². The van der Waals surface area contributed by atoms with Gasteiger partial charge in [0.05, 0.1) is 0 Å². The Hall–Kier alpha value is -0.920. The molecular formula is C7H6BrNO. The molecule has 1 aromatic rings. The van der Waals surface area contributed by atoms with Crippen LogP contribution < -0.4 is 0 Å². The third-order valence-electron chi connectivity index (χ3n) is 0.733. The Morgan fingerprint density at radius 2 is 1.70 bits per heavy atom. The molecule has 10 heavy (non-hydrogen) atoms. The standard InChI is InChI=1S/C6H5Br.CHNO/c7-6-4-2-1-3-5-6;2-1-3/h1-5H;2H. The van der Waals surface area contributed by atoms with Gasteiger partial charge in [0.15, 0.2) is 0 Å². The molecule has 0 radical (unpaired) electrons. The first-order valence-electron chi connectivity index (χ1n) is 2.55. The van der Waals surface area contributed by atoms with Crippen LogP contribution in [0.4, 0.5) is 0 Å². The number of hydrogen-bond donors (Lipinski definition) is 1. The van der Waals surface area contributed by atoms with E-state index >= 15 is 0 Å². The van der Waals surface area contributed by atoms with Crippen molar-refractivity contribution in [2.45, 2.75) is 0 Å². The van der Waals surface area contributed by atoms with E-state index < -0.39 is 0 Å². The highest BCUT2D eigenvalue weighted by Gasteiger charge is 1.74. The fourth-order valence-corrected chi connectivity index (χ4v) is 0.720. The molecule has 0 aromatic heterocycles. The molecule has 0 unspecified atom stereocenters. The van der Waals surface area contributed by atoms with Gasteiger partial charge >= 0.3 is 0 Å². The van der Waals surface area contributed by atoms with Gasteiger partial charge in [-0.3, -0.25) is 0 Å². The topological polar surface area (TPSA) is 40.9 Å². The van der Waals surface area contributed by atoms with E-state index in [1.807, 2.05) is 30.3 Å². The molecule has 0 aliphatic rings. The number of halogens is 1. The SMILES string of the molecule is Brc1ccccc1.N=C=O. The number of benzene rings is 1. The zero-order chi connectivity index (χ0) is 7.82. The van der Waals surface area contributed by atoms with E-state index in [0.717, 1.165) is 10.6 Å². The largest absolute Gasteiger partial charge is 0.231 e. The third kappa shape index (κ3) is 5.22. The number of rotatable bonds is 0. The van der Waals surface area contributed by atoms with Crippen molar-refractivity contribution in [3.05, 3.63) is 34.8 Å². The van der Waals surface area contributed by atoms with Crippen LogP contribution in [-0.2, 0) is 4.79 Å². The molecule has 2 nitrogen and oxygen atoms in total. The van der Waals surface area contributed by atoms with Gasteiger partial charge in [0.1, 0.15) is 0 Å². The van der Waals surface area contributed by atoms with E-state index in [0.29, 0.717) is 0 Å². The molecule has 0 spiro atoms. The second-order valence-corrected chi connectivity index (χ2v) is 2.31. The highest BCUT2D eigenvalue weighted by atomic mass is 79.9. The molecule has 0 fully saturated rings. The van der Waals surface area contributed by atoms with Gasteiger partial charge in [0, 0.05) is 4.47 Å². The van der Waals surface area contributed by atoms with Crippen molar-refractivity contribution in [2.24, 2.45) is 0 Å². The Labute approximate surface area is 67.5 Å². The molecular weight excluding hydrogens is 194 g/mol. The molecule has 0 amide bonds. The van der Waals surface area contributed by atoms with Crippen molar-refractivity contribution in [2.75, 3.05) is 0 Å². The molecule has 52 valence electrons. The zero-order valence-corrected chi connectivity index (χ0v) is 6.76. The van der Waals surface area contributed by atoms with Crippen LogP contribution in [0, 0.1) is 5.41 Å². The number of nitrogens with one attached hydrogen (secondary N) is 1. The molecule has 0 atom stereocenters. The molecule has 1 aromatic carbocycles. The van der Waals surface area contributed by atoms with Crippen LogP contribution in [0.5, 0.6) is 0 Å². The first kappa shape index (κ1) is 9.08. The Kier molecular flexibility index (Phi) is 5.63. The fourth-order valence-electron chi connectivity index (χ4n) is 0.415. The van der Waals surface area contributed by atoms with Gasteiger partial charge in [-0.2, -0.15) is 0 Å². The van der Waals surface area contributed by atoms with Gasteiger partial charge in [-0.25, -0.2) is 10.2 Å². The monoisotopic (exact) mass is 199 g/mol. The van der Waals surface area contributed by atoms with Gasteiger partial charge in [-0.15, -0.1) is 0 Å². The molecule has 1 N–H and O–H groups in total. The van der Waals surface area contributed by atoms with Crippen molar-refractivity contribution >= 4 is 22.0 Å². The molecule has 0 aliphatic heterocycles. The second kappa shape index (κ2) is 6.20. The van der Waals surface area contributed by atoms with Gasteiger partial charge in [0.2, 0.25) is 6.08 Å². The quantitative estimate of drug-likeness (QED) is 0.506. The van der Waals surface area contributed by atoms with Crippen LogP contribution in [0.25, 0.3) is 0 Å². The highest BCUT2D eigenvalue weighted by Crippen LogP contribution is 2.05. The van der Waals surface area contributed by atoms with Crippen LogP contribution in [0.3, 0.4) is 0 Å². The Balaban J connectivity index is 0.000000236. The Morgan fingerprint density at radius 3 is 1.90 bits per heavy atom. The smallest absolute Gasteiger partial charge is 0.222 e. The minimum Gasteiger partial charge on any atom is -0.222 e. The molecule has 0 saturated carbocycles. The second-order valence-electron chi connectivity index (χ2n) is 1.40. The van der Waals surface area contributed by atoms with Crippen LogP contribution in [0.1, 0.15) is 0 Å². The predicted molar refractivity (Wildman–Crippen MR) is 42.6 cm³/mol.